The zero-order valence-electron chi connectivity index (χ0n) is 22.1. The molecule has 2 aliphatic rings. The van der Waals surface area contributed by atoms with Gasteiger partial charge in [0.1, 0.15) is 23.8 Å². The first-order valence-corrected chi connectivity index (χ1v) is 12.6. The van der Waals surface area contributed by atoms with Gasteiger partial charge in [0.25, 0.3) is 6.43 Å². The van der Waals surface area contributed by atoms with Crippen molar-refractivity contribution in [1.29, 1.82) is 5.26 Å². The number of aromatic nitrogens is 3. The molecule has 0 amide bonds. The van der Waals surface area contributed by atoms with Gasteiger partial charge in [-0.3, -0.25) is 5.01 Å². The standard InChI is InChI=1S/C27H30F3N9/c1-15-18(5-6-21(28)35-15)23(20-12-39(38-37-20)27(7-8-27)25(29)30)36-17-9-16(11-31)22-19(10-17)24(34-14-33-22)32-13-26(2,3)4/h5-6,9-10,12,14,23,25,36-38H,7-8,13H2,1-4H3,(H,32,33,34). The van der Waals surface area contributed by atoms with Gasteiger partial charge < -0.3 is 16.1 Å². The van der Waals surface area contributed by atoms with Crippen molar-refractivity contribution in [2.45, 2.75) is 58.5 Å². The summed E-state index contributed by atoms with van der Waals surface area (Å²) in [6, 6.07) is 7.93. The van der Waals surface area contributed by atoms with Crippen LogP contribution >= 0.6 is 0 Å². The zero-order valence-corrected chi connectivity index (χ0v) is 22.1. The number of nitriles is 1. The Balaban J connectivity index is 1.56. The van der Waals surface area contributed by atoms with Gasteiger partial charge in [-0.1, -0.05) is 26.8 Å². The maximum absolute atomic E-state index is 13.9. The Morgan fingerprint density at radius 3 is 2.62 bits per heavy atom. The van der Waals surface area contributed by atoms with Crippen molar-refractivity contribution in [2.75, 3.05) is 17.2 Å². The van der Waals surface area contributed by atoms with Crippen molar-refractivity contribution >= 4 is 22.4 Å². The van der Waals surface area contributed by atoms with Crippen LogP contribution in [0.25, 0.3) is 10.9 Å². The van der Waals surface area contributed by atoms with Crippen LogP contribution < -0.4 is 21.6 Å². The van der Waals surface area contributed by atoms with Crippen molar-refractivity contribution in [3.8, 4) is 6.07 Å². The van der Waals surface area contributed by atoms with Crippen LogP contribution in [-0.2, 0) is 0 Å². The summed E-state index contributed by atoms with van der Waals surface area (Å²) < 4.78 is 41.5. The maximum atomic E-state index is 13.9. The molecule has 1 aliphatic carbocycles. The SMILES string of the molecule is Cc1nc(F)ccc1C(Nc1cc(C#N)c2ncnc(NCC(C)(C)C)c2c1)C1=CN(C2(C(F)F)CC2)NN1. The van der Waals surface area contributed by atoms with Crippen molar-refractivity contribution in [3.05, 3.63) is 65.3 Å². The predicted octanol–water partition coefficient (Wildman–Crippen LogP) is 4.92. The summed E-state index contributed by atoms with van der Waals surface area (Å²) >= 11 is 0. The molecule has 0 radical (unpaired) electrons. The second-order valence-electron chi connectivity index (χ2n) is 11.1. The van der Waals surface area contributed by atoms with Crippen LogP contribution in [0.2, 0.25) is 0 Å². The topological polar surface area (TPSA) is 114 Å². The van der Waals surface area contributed by atoms with Crippen LogP contribution in [0.5, 0.6) is 0 Å². The van der Waals surface area contributed by atoms with Crippen LogP contribution in [0.15, 0.2) is 42.5 Å². The Bertz CT molecular complexity index is 1470. The van der Waals surface area contributed by atoms with E-state index in [0.717, 1.165) is 0 Å². The van der Waals surface area contributed by atoms with Gasteiger partial charge in [-0.2, -0.15) is 9.65 Å². The van der Waals surface area contributed by atoms with E-state index in [4.69, 9.17) is 0 Å². The Labute approximate surface area is 224 Å². The molecular formula is C27H30F3N9. The van der Waals surface area contributed by atoms with E-state index < -0.39 is 24.0 Å². The summed E-state index contributed by atoms with van der Waals surface area (Å²) in [7, 11) is 0. The molecule has 2 aromatic heterocycles. The molecule has 39 heavy (non-hydrogen) atoms. The van der Waals surface area contributed by atoms with E-state index in [1.807, 2.05) is 6.07 Å². The summed E-state index contributed by atoms with van der Waals surface area (Å²) in [6.45, 7) is 8.62. The lowest BCUT2D eigenvalue weighted by Crippen LogP contribution is -2.48. The first kappa shape index (κ1) is 26.5. The summed E-state index contributed by atoms with van der Waals surface area (Å²) in [6.07, 6.45) is 1.21. The van der Waals surface area contributed by atoms with Crippen LogP contribution in [0.3, 0.4) is 0 Å². The van der Waals surface area contributed by atoms with Crippen LogP contribution in [0, 0.1) is 29.6 Å². The fourth-order valence-corrected chi connectivity index (χ4v) is 4.57. The highest BCUT2D eigenvalue weighted by atomic mass is 19.3. The average molecular weight is 538 g/mol. The van der Waals surface area contributed by atoms with E-state index in [2.05, 4.69) is 63.4 Å². The second kappa shape index (κ2) is 9.89. The number of anilines is 2. The Morgan fingerprint density at radius 2 is 1.97 bits per heavy atom. The number of rotatable bonds is 8. The summed E-state index contributed by atoms with van der Waals surface area (Å²) in [5.74, 6) is -0.0353. The minimum atomic E-state index is -2.53. The van der Waals surface area contributed by atoms with E-state index in [9.17, 15) is 18.4 Å². The Morgan fingerprint density at radius 1 is 1.21 bits per heavy atom. The first-order valence-electron chi connectivity index (χ1n) is 12.6. The Hall–Kier alpha value is -4.11. The fraction of sp³-hybridized carbons (Fsp3) is 0.407. The molecule has 3 heterocycles. The highest BCUT2D eigenvalue weighted by molar-refractivity contribution is 5.95. The molecule has 9 nitrogen and oxygen atoms in total. The molecule has 12 heteroatoms. The van der Waals surface area contributed by atoms with Gasteiger partial charge in [0.05, 0.1) is 22.8 Å². The third-order valence-corrected chi connectivity index (χ3v) is 6.91. The van der Waals surface area contributed by atoms with Crippen molar-refractivity contribution in [3.63, 3.8) is 0 Å². The van der Waals surface area contributed by atoms with Gasteiger partial charge in [-0.05, 0) is 43.4 Å². The molecule has 1 atom stereocenters. The minimum Gasteiger partial charge on any atom is -0.373 e. The molecule has 1 unspecified atom stereocenters. The van der Waals surface area contributed by atoms with Crippen LogP contribution in [0.4, 0.5) is 24.7 Å². The van der Waals surface area contributed by atoms with Gasteiger partial charge in [0.2, 0.25) is 5.95 Å². The largest absolute Gasteiger partial charge is 0.373 e. The molecule has 5 rings (SSSR count). The molecule has 0 saturated heterocycles. The molecule has 204 valence electrons. The van der Waals surface area contributed by atoms with Gasteiger partial charge in [0, 0.05) is 35.1 Å². The van der Waals surface area contributed by atoms with Crippen LogP contribution in [-0.4, -0.2) is 38.5 Å². The van der Waals surface area contributed by atoms with E-state index >= 15 is 0 Å². The molecular weight excluding hydrogens is 507 g/mol. The smallest absolute Gasteiger partial charge is 0.262 e. The van der Waals surface area contributed by atoms with E-state index in [1.165, 1.54) is 17.4 Å². The second-order valence-corrected chi connectivity index (χ2v) is 11.1. The molecule has 1 aromatic carbocycles. The highest BCUT2D eigenvalue weighted by Gasteiger charge is 2.56. The number of fused-ring (bicyclic) bond motifs is 1. The number of nitrogens with zero attached hydrogens (tertiary/aromatic N) is 5. The lowest BCUT2D eigenvalue weighted by atomic mass is 9.97. The molecule has 1 aliphatic heterocycles. The summed E-state index contributed by atoms with van der Waals surface area (Å²) in [5, 5.41) is 18.7. The van der Waals surface area contributed by atoms with Crippen molar-refractivity contribution in [1.82, 2.24) is 30.9 Å². The highest BCUT2D eigenvalue weighted by Crippen LogP contribution is 2.47. The molecule has 0 spiro atoms. The van der Waals surface area contributed by atoms with E-state index in [-0.39, 0.29) is 5.41 Å². The number of nitrogens with one attached hydrogen (secondary N) is 4. The van der Waals surface area contributed by atoms with Crippen molar-refractivity contribution in [2.24, 2.45) is 5.41 Å². The number of halogens is 3. The van der Waals surface area contributed by atoms with Crippen LogP contribution in [0.1, 0.15) is 56.5 Å². The average Bonchev–Trinajstić information content (AvgIpc) is 3.56. The van der Waals surface area contributed by atoms with Gasteiger partial charge in [-0.15, -0.1) is 5.53 Å². The number of hydrogen-bond donors (Lipinski definition) is 4. The predicted molar refractivity (Wildman–Crippen MR) is 142 cm³/mol. The molecule has 0 bridgehead atoms. The summed E-state index contributed by atoms with van der Waals surface area (Å²) in [4.78, 5) is 12.7. The first-order chi connectivity index (χ1) is 18.5. The van der Waals surface area contributed by atoms with E-state index in [1.54, 1.807) is 25.3 Å². The van der Waals surface area contributed by atoms with Gasteiger partial charge in [-0.25, -0.2) is 23.7 Å². The quantitative estimate of drug-likeness (QED) is 0.297. The van der Waals surface area contributed by atoms with E-state index in [0.29, 0.717) is 64.3 Å². The Kier molecular flexibility index (Phi) is 6.72. The lowest BCUT2D eigenvalue weighted by Gasteiger charge is -2.25. The third-order valence-electron chi connectivity index (χ3n) is 6.91. The zero-order chi connectivity index (χ0) is 27.9. The molecule has 1 fully saturated rings. The third kappa shape index (κ3) is 5.27. The number of hydrogen-bond acceptors (Lipinski definition) is 9. The number of pyridine rings is 1. The molecule has 3 aromatic rings. The van der Waals surface area contributed by atoms with Gasteiger partial charge >= 0.3 is 0 Å². The minimum absolute atomic E-state index is 0.0139. The molecule has 4 N–H and O–H groups in total. The molecule has 1 saturated carbocycles. The van der Waals surface area contributed by atoms with Crippen molar-refractivity contribution < 1.29 is 13.2 Å². The van der Waals surface area contributed by atoms with Gasteiger partial charge in [0.15, 0.2) is 0 Å². The fourth-order valence-electron chi connectivity index (χ4n) is 4.57. The summed E-state index contributed by atoms with van der Waals surface area (Å²) in [5.41, 5.74) is 7.57. The monoisotopic (exact) mass is 537 g/mol. The normalized spacial score (nSPS) is 17.0. The maximum Gasteiger partial charge on any atom is 0.262 e. The number of alkyl halides is 2. The number of aryl methyl sites for hydroxylation is 1. The number of hydrazine groups is 2. The number of benzene rings is 1. The lowest BCUT2D eigenvalue weighted by molar-refractivity contribution is 0.00911.